The van der Waals surface area contributed by atoms with Crippen LogP contribution in [0, 0.1) is 0 Å². The molecule has 2 aliphatic rings. The van der Waals surface area contributed by atoms with Crippen molar-refractivity contribution in [2.45, 2.75) is 19.3 Å². The van der Waals surface area contributed by atoms with Crippen LogP contribution >= 0.6 is 0 Å². The smallest absolute Gasteiger partial charge is 0.248 e. The van der Waals surface area contributed by atoms with Crippen LogP contribution in [0.1, 0.15) is 25.0 Å². The van der Waals surface area contributed by atoms with Gasteiger partial charge in [-0.2, -0.15) is 0 Å². The summed E-state index contributed by atoms with van der Waals surface area (Å²) in [7, 11) is 0. The van der Waals surface area contributed by atoms with E-state index < -0.39 is 0 Å². The molecule has 164 valence electrons. The highest BCUT2D eigenvalue weighted by Gasteiger charge is 2.45. The van der Waals surface area contributed by atoms with Crippen molar-refractivity contribution < 1.29 is 0 Å². The molecule has 0 N–H and O–H groups in total. The third-order valence-electron chi connectivity index (χ3n) is 8.48. The van der Waals surface area contributed by atoms with E-state index in [1.807, 2.05) is 0 Å². The maximum atomic E-state index is 2.53. The molecule has 6 aromatic rings. The van der Waals surface area contributed by atoms with E-state index in [9.17, 15) is 0 Å². The van der Waals surface area contributed by atoms with E-state index in [1.165, 1.54) is 66.1 Å². The molecule has 5 aromatic carbocycles. The van der Waals surface area contributed by atoms with Crippen LogP contribution in [0.5, 0.6) is 0 Å². The standard InChI is InChI=1S/C33H24BN/c1-33(2)25-16-8-14-22(21-11-4-3-5-12-21)30(25)34-27-18-9-15-24-23-13-6-7-19-28(23)35(32(24)27)29-20-10-17-26(33)31(29)34/h3-20H,1-2H3. The number of para-hydroxylation sites is 2. The van der Waals surface area contributed by atoms with Gasteiger partial charge in [0.05, 0.1) is 5.52 Å². The van der Waals surface area contributed by atoms with E-state index in [4.69, 9.17) is 0 Å². The molecule has 0 bridgehead atoms. The van der Waals surface area contributed by atoms with Crippen molar-refractivity contribution in [3.8, 4) is 16.8 Å². The Morgan fingerprint density at radius 1 is 0.600 bits per heavy atom. The molecular weight excluding hydrogens is 421 g/mol. The quantitative estimate of drug-likeness (QED) is 0.277. The molecule has 1 aromatic heterocycles. The van der Waals surface area contributed by atoms with Crippen LogP contribution in [-0.2, 0) is 5.41 Å². The van der Waals surface area contributed by atoms with E-state index in [1.54, 1.807) is 0 Å². The molecule has 3 heterocycles. The lowest BCUT2D eigenvalue weighted by molar-refractivity contribution is 0.645. The summed E-state index contributed by atoms with van der Waals surface area (Å²) >= 11 is 0. The predicted octanol–water partition coefficient (Wildman–Crippen LogP) is 5.92. The van der Waals surface area contributed by atoms with Crippen LogP contribution in [-0.4, -0.2) is 11.3 Å². The fraction of sp³-hybridized carbons (Fsp3) is 0.0909. The average molecular weight is 445 g/mol. The van der Waals surface area contributed by atoms with E-state index >= 15 is 0 Å². The number of benzene rings is 5. The zero-order valence-electron chi connectivity index (χ0n) is 19.9. The molecule has 35 heavy (non-hydrogen) atoms. The maximum absolute atomic E-state index is 2.53. The van der Waals surface area contributed by atoms with Crippen molar-refractivity contribution in [2.24, 2.45) is 0 Å². The van der Waals surface area contributed by atoms with Gasteiger partial charge in [0, 0.05) is 27.4 Å². The van der Waals surface area contributed by atoms with Gasteiger partial charge in [-0.1, -0.05) is 116 Å². The largest absolute Gasteiger partial charge is 0.310 e. The first-order valence-electron chi connectivity index (χ1n) is 12.5. The number of hydrogen-bond donors (Lipinski definition) is 0. The van der Waals surface area contributed by atoms with Crippen molar-refractivity contribution in [2.75, 3.05) is 0 Å². The Morgan fingerprint density at radius 3 is 2.14 bits per heavy atom. The lowest BCUT2D eigenvalue weighted by Gasteiger charge is -2.42. The Hall–Kier alpha value is -4.04. The van der Waals surface area contributed by atoms with Crippen molar-refractivity contribution in [1.29, 1.82) is 0 Å². The summed E-state index contributed by atoms with van der Waals surface area (Å²) in [6, 6.07) is 40.6. The summed E-state index contributed by atoms with van der Waals surface area (Å²) in [5, 5.41) is 2.68. The van der Waals surface area contributed by atoms with Crippen molar-refractivity contribution >= 4 is 44.9 Å². The molecular formula is C33H24BN. The second-order valence-corrected chi connectivity index (χ2v) is 10.5. The Morgan fingerprint density at radius 2 is 1.29 bits per heavy atom. The predicted molar refractivity (Wildman–Crippen MR) is 149 cm³/mol. The first-order chi connectivity index (χ1) is 17.2. The Kier molecular flexibility index (Phi) is 3.61. The molecule has 0 atom stereocenters. The number of fused-ring (bicyclic) bond motifs is 7. The summed E-state index contributed by atoms with van der Waals surface area (Å²) in [6.07, 6.45) is 0. The lowest BCUT2D eigenvalue weighted by Crippen LogP contribution is -2.63. The van der Waals surface area contributed by atoms with Gasteiger partial charge >= 0.3 is 0 Å². The minimum Gasteiger partial charge on any atom is -0.310 e. The average Bonchev–Trinajstić information content (AvgIpc) is 3.24. The molecule has 0 fully saturated rings. The Bertz CT molecular complexity index is 1820. The normalized spacial score (nSPS) is 14.7. The summed E-state index contributed by atoms with van der Waals surface area (Å²) in [4.78, 5) is 0. The summed E-state index contributed by atoms with van der Waals surface area (Å²) in [6.45, 7) is 5.01. The third-order valence-corrected chi connectivity index (χ3v) is 8.48. The van der Waals surface area contributed by atoms with Crippen molar-refractivity contribution in [3.63, 3.8) is 0 Å². The highest BCUT2D eigenvalue weighted by atomic mass is 15.0. The zero-order valence-corrected chi connectivity index (χ0v) is 19.9. The molecule has 0 unspecified atom stereocenters. The topological polar surface area (TPSA) is 4.93 Å². The first-order valence-corrected chi connectivity index (χ1v) is 12.5. The summed E-state index contributed by atoms with van der Waals surface area (Å²) in [5.41, 5.74) is 13.8. The maximum Gasteiger partial charge on any atom is 0.248 e. The van der Waals surface area contributed by atoms with Crippen LogP contribution in [0.3, 0.4) is 0 Å². The van der Waals surface area contributed by atoms with Crippen molar-refractivity contribution in [1.82, 2.24) is 4.57 Å². The molecule has 0 amide bonds. The zero-order chi connectivity index (χ0) is 23.3. The molecule has 2 aliphatic heterocycles. The fourth-order valence-corrected chi connectivity index (χ4v) is 7.02. The molecule has 0 spiro atoms. The highest BCUT2D eigenvalue weighted by Crippen LogP contribution is 2.40. The Labute approximate surface area is 205 Å². The fourth-order valence-electron chi connectivity index (χ4n) is 7.02. The van der Waals surface area contributed by atoms with Crippen LogP contribution in [0.4, 0.5) is 0 Å². The minimum absolute atomic E-state index is 0.0870. The van der Waals surface area contributed by atoms with Crippen LogP contribution in [0.15, 0.2) is 109 Å². The third kappa shape index (κ3) is 2.30. The van der Waals surface area contributed by atoms with Gasteiger partial charge in [0.15, 0.2) is 0 Å². The molecule has 0 radical (unpaired) electrons. The van der Waals surface area contributed by atoms with Gasteiger partial charge in [-0.25, -0.2) is 0 Å². The van der Waals surface area contributed by atoms with Crippen LogP contribution in [0.25, 0.3) is 38.6 Å². The molecule has 0 saturated heterocycles. The molecule has 2 heteroatoms. The van der Waals surface area contributed by atoms with E-state index in [2.05, 4.69) is 128 Å². The second-order valence-electron chi connectivity index (χ2n) is 10.5. The number of aromatic nitrogens is 1. The molecule has 1 nitrogen and oxygen atoms in total. The van der Waals surface area contributed by atoms with E-state index in [0.29, 0.717) is 0 Å². The summed E-state index contributed by atoms with van der Waals surface area (Å²) in [5.74, 6) is 0. The Balaban J connectivity index is 1.60. The van der Waals surface area contributed by atoms with Gasteiger partial charge < -0.3 is 4.57 Å². The van der Waals surface area contributed by atoms with Crippen LogP contribution < -0.4 is 16.4 Å². The number of nitrogens with zero attached hydrogens (tertiary/aromatic N) is 1. The van der Waals surface area contributed by atoms with Gasteiger partial charge in [0.2, 0.25) is 6.71 Å². The minimum atomic E-state index is -0.0870. The second kappa shape index (κ2) is 6.55. The van der Waals surface area contributed by atoms with Gasteiger partial charge in [-0.15, -0.1) is 0 Å². The number of rotatable bonds is 1. The SMILES string of the molecule is CC1(C)c2cccc(-c3ccccc3)c2B2c3c(cccc31)-n1c3ccccc3c3cccc2c31. The summed E-state index contributed by atoms with van der Waals surface area (Å²) < 4.78 is 2.53. The van der Waals surface area contributed by atoms with Gasteiger partial charge in [-0.3, -0.25) is 0 Å². The van der Waals surface area contributed by atoms with Gasteiger partial charge in [-0.05, 0) is 45.3 Å². The molecule has 0 saturated carbocycles. The van der Waals surface area contributed by atoms with E-state index in [0.717, 1.165) is 0 Å². The molecule has 8 rings (SSSR count). The van der Waals surface area contributed by atoms with Crippen molar-refractivity contribution in [3.05, 3.63) is 120 Å². The monoisotopic (exact) mass is 445 g/mol. The van der Waals surface area contributed by atoms with Gasteiger partial charge in [0.25, 0.3) is 0 Å². The number of hydrogen-bond acceptors (Lipinski definition) is 0. The van der Waals surface area contributed by atoms with Crippen LogP contribution in [0.2, 0.25) is 0 Å². The van der Waals surface area contributed by atoms with E-state index in [-0.39, 0.29) is 12.1 Å². The van der Waals surface area contributed by atoms with Gasteiger partial charge in [0.1, 0.15) is 0 Å². The molecule has 0 aliphatic carbocycles. The first kappa shape index (κ1) is 19.3. The lowest BCUT2D eigenvalue weighted by atomic mass is 9.29. The highest BCUT2D eigenvalue weighted by molar-refractivity contribution is 6.99.